The maximum atomic E-state index is 13.1. The Labute approximate surface area is 631 Å². The van der Waals surface area contributed by atoms with Gasteiger partial charge >= 0.3 is 39.5 Å². The molecule has 0 amide bonds. The third-order valence-corrected chi connectivity index (χ3v) is 18.5. The molecule has 0 saturated carbocycles. The summed E-state index contributed by atoms with van der Waals surface area (Å²) < 4.78 is 68.5. The molecule has 2 unspecified atom stereocenters. The summed E-state index contributed by atoms with van der Waals surface area (Å²) in [5.74, 6) is -2.33. The fourth-order valence-corrected chi connectivity index (χ4v) is 11.9. The summed E-state index contributed by atoms with van der Waals surface area (Å²) in [7, 11) is -10.0. The molecule has 17 nitrogen and oxygen atoms in total. The van der Waals surface area contributed by atoms with Crippen molar-refractivity contribution < 1.29 is 80.2 Å². The highest BCUT2D eigenvalue weighted by Crippen LogP contribution is 2.45. The van der Waals surface area contributed by atoms with Crippen LogP contribution in [0.5, 0.6) is 0 Å². The van der Waals surface area contributed by atoms with Gasteiger partial charge in [-0.1, -0.05) is 271 Å². The average Bonchev–Trinajstić information content (AvgIpc) is 0.926. The number of hydrogen-bond acceptors (Lipinski definition) is 15. The number of hydrogen-bond donors (Lipinski definition) is 3. The number of unbranched alkanes of at least 4 members (excludes halogenated alkanes) is 27. The molecule has 0 rings (SSSR count). The number of aliphatic hydroxyl groups excluding tert-OH is 1. The molecule has 0 aromatic rings. The topological polar surface area (TPSA) is 237 Å². The second-order valence-corrected chi connectivity index (χ2v) is 29.5. The van der Waals surface area contributed by atoms with Crippen molar-refractivity contribution >= 4 is 39.5 Å². The second kappa shape index (κ2) is 76.4. The molecule has 0 fully saturated rings. The number of aliphatic hydroxyl groups is 1. The summed E-state index contributed by atoms with van der Waals surface area (Å²) >= 11 is 0. The number of phosphoric acid groups is 2. The molecule has 19 heteroatoms. The Morgan fingerprint density at radius 2 is 0.481 bits per heavy atom. The van der Waals surface area contributed by atoms with E-state index >= 15 is 0 Å². The lowest BCUT2D eigenvalue weighted by Crippen LogP contribution is -2.30. The molecule has 0 bridgehead atoms. The van der Waals surface area contributed by atoms with Crippen LogP contribution in [0, 0.1) is 0 Å². The lowest BCUT2D eigenvalue weighted by molar-refractivity contribution is -0.161. The van der Waals surface area contributed by atoms with E-state index < -0.39 is 97.5 Å². The van der Waals surface area contributed by atoms with Crippen molar-refractivity contribution in [2.75, 3.05) is 39.6 Å². The Hall–Kier alpha value is -4.80. The van der Waals surface area contributed by atoms with E-state index in [2.05, 4.69) is 137 Å². The molecule has 0 aromatic heterocycles. The van der Waals surface area contributed by atoms with Crippen LogP contribution in [0.3, 0.4) is 0 Å². The quantitative estimate of drug-likeness (QED) is 0.0169. The summed E-state index contributed by atoms with van der Waals surface area (Å²) in [6.45, 7) is 4.65. The van der Waals surface area contributed by atoms with Crippen LogP contribution in [0.1, 0.15) is 323 Å². The highest BCUT2D eigenvalue weighted by atomic mass is 31.2. The first-order valence-electron chi connectivity index (χ1n) is 40.4. The number of allylic oxidation sites excluding steroid dienone is 22. The number of carbonyl (C=O) groups excluding carboxylic acids is 4. The molecule has 0 radical (unpaired) electrons. The predicted octanol–water partition coefficient (Wildman–Crippen LogP) is 23.7. The van der Waals surface area contributed by atoms with E-state index in [0.29, 0.717) is 38.5 Å². The Bertz CT molecular complexity index is 2490. The van der Waals surface area contributed by atoms with Crippen molar-refractivity contribution in [2.45, 2.75) is 341 Å². The molecular weight excluding hydrogens is 1350 g/mol. The summed E-state index contributed by atoms with van der Waals surface area (Å²) in [5.41, 5.74) is 0. The van der Waals surface area contributed by atoms with Gasteiger partial charge in [-0.3, -0.25) is 37.3 Å². The van der Waals surface area contributed by atoms with E-state index in [1.807, 2.05) is 24.3 Å². The smallest absolute Gasteiger partial charge is 0.462 e. The summed E-state index contributed by atoms with van der Waals surface area (Å²) in [6, 6.07) is 0. The van der Waals surface area contributed by atoms with Crippen molar-refractivity contribution in [1.29, 1.82) is 0 Å². The lowest BCUT2D eigenvalue weighted by Gasteiger charge is -2.21. The van der Waals surface area contributed by atoms with Gasteiger partial charge < -0.3 is 33.8 Å². The van der Waals surface area contributed by atoms with E-state index in [9.17, 15) is 43.2 Å². The van der Waals surface area contributed by atoms with Crippen LogP contribution in [0.2, 0.25) is 0 Å². The van der Waals surface area contributed by atoms with Crippen LogP contribution in [-0.4, -0.2) is 96.7 Å². The molecule has 5 atom stereocenters. The van der Waals surface area contributed by atoms with Gasteiger partial charge in [0.15, 0.2) is 12.2 Å². The largest absolute Gasteiger partial charge is 0.472 e. The zero-order chi connectivity index (χ0) is 76.0. The predicted molar refractivity (Wildman–Crippen MR) is 427 cm³/mol. The van der Waals surface area contributed by atoms with E-state index in [4.69, 9.17) is 37.0 Å². The standard InChI is InChI=1S/C85H144O17P2/c1-5-9-13-17-21-25-29-33-37-39-43-46-50-54-58-62-66-70-83(88)96-76-81(102-85(90)72-68-64-60-56-52-48-44-40-38-34-30-26-22-18-14-10-6-2)78-100-104(93,94)98-74-79(86)73-97-103(91,92)99-77-80(101-84(89)71-67-63-59-55-51-47-42-36-32-28-24-20-16-12-8-4)75-95-82(87)69-65-61-57-53-49-45-41-35-31-27-23-19-15-11-7-3/h21-23,25-27,33-38,41-44,46,48,54,56,58,60,79-81,86H,5-20,24,28-32,39-40,45,47,49-53,55,57,59,61-78H2,1-4H3,(H,91,92)(H,93,94)/b25-21-,26-22-,27-23-,37-33-,38-34-,41-35-,42-36-,46-43-,48-44-,58-54-,60-56-/t79-,80-,81-/m1/s1. The molecule has 0 aliphatic heterocycles. The fraction of sp³-hybridized carbons (Fsp3) is 0.694. The van der Waals surface area contributed by atoms with Gasteiger partial charge in [-0.25, -0.2) is 9.13 Å². The Morgan fingerprint density at radius 1 is 0.269 bits per heavy atom. The Kier molecular flexibility index (Phi) is 72.9. The highest BCUT2D eigenvalue weighted by molar-refractivity contribution is 7.47. The molecule has 0 aromatic carbocycles. The van der Waals surface area contributed by atoms with Gasteiger partial charge in [0.1, 0.15) is 19.3 Å². The van der Waals surface area contributed by atoms with Crippen molar-refractivity contribution in [3.8, 4) is 0 Å². The zero-order valence-corrected chi connectivity index (χ0v) is 66.9. The van der Waals surface area contributed by atoms with Crippen LogP contribution >= 0.6 is 15.6 Å². The van der Waals surface area contributed by atoms with Crippen LogP contribution in [0.15, 0.2) is 134 Å². The third kappa shape index (κ3) is 75.4. The first-order chi connectivity index (χ1) is 50.7. The number of carbonyl (C=O) groups is 4. The maximum absolute atomic E-state index is 13.1. The minimum absolute atomic E-state index is 0.00402. The molecule has 104 heavy (non-hydrogen) atoms. The summed E-state index contributed by atoms with van der Waals surface area (Å²) in [4.78, 5) is 73.0. The van der Waals surface area contributed by atoms with E-state index in [1.54, 1.807) is 0 Å². The first kappa shape index (κ1) is 99.2. The van der Waals surface area contributed by atoms with Gasteiger partial charge in [0.05, 0.1) is 26.4 Å². The summed E-state index contributed by atoms with van der Waals surface area (Å²) in [5, 5.41) is 10.6. The van der Waals surface area contributed by atoms with Gasteiger partial charge in [-0.2, -0.15) is 0 Å². The normalized spacial score (nSPS) is 14.6. The minimum Gasteiger partial charge on any atom is -0.462 e. The molecule has 0 heterocycles. The third-order valence-electron chi connectivity index (χ3n) is 16.6. The van der Waals surface area contributed by atoms with Crippen molar-refractivity contribution in [3.63, 3.8) is 0 Å². The van der Waals surface area contributed by atoms with Gasteiger partial charge in [-0.05, 0) is 161 Å². The van der Waals surface area contributed by atoms with Crippen LogP contribution < -0.4 is 0 Å². The lowest BCUT2D eigenvalue weighted by atomic mass is 10.1. The average molecular weight is 1500 g/mol. The Balaban J connectivity index is 5.49. The van der Waals surface area contributed by atoms with Crippen molar-refractivity contribution in [3.05, 3.63) is 134 Å². The Morgan fingerprint density at radius 3 is 0.798 bits per heavy atom. The highest BCUT2D eigenvalue weighted by Gasteiger charge is 2.30. The molecule has 0 aliphatic carbocycles. The van der Waals surface area contributed by atoms with Crippen molar-refractivity contribution in [1.82, 2.24) is 0 Å². The zero-order valence-electron chi connectivity index (χ0n) is 65.2. The number of rotatable bonds is 75. The molecule has 0 aliphatic rings. The molecular formula is C85H144O17P2. The molecule has 596 valence electrons. The number of phosphoric ester groups is 2. The van der Waals surface area contributed by atoms with E-state index in [1.165, 1.54) is 96.3 Å². The fourth-order valence-electron chi connectivity index (χ4n) is 10.3. The van der Waals surface area contributed by atoms with Crippen LogP contribution in [-0.2, 0) is 65.4 Å². The van der Waals surface area contributed by atoms with Crippen LogP contribution in [0.25, 0.3) is 0 Å². The maximum Gasteiger partial charge on any atom is 0.472 e. The molecule has 3 N–H and O–H groups in total. The van der Waals surface area contributed by atoms with Gasteiger partial charge in [-0.15, -0.1) is 0 Å². The monoisotopic (exact) mass is 1500 g/mol. The van der Waals surface area contributed by atoms with E-state index in [0.717, 1.165) is 135 Å². The SMILES string of the molecule is CCCCC/C=C\C/C=C\C/C=C\C/C=C\CCCC(=O)OC[C@H](COP(=O)(O)OC[C@H](O)COP(=O)(O)OC[C@@H](COC(=O)CCCCCCC/C=C\C/C=C\CCCCC)OC(=O)CCCCCCC/C=C\CCCCCCCC)OC(=O)CCC/C=C\C/C=C\C/C=C\C/C=C\CCCCC. The number of esters is 4. The minimum atomic E-state index is -5.01. The number of ether oxygens (including phenoxy) is 4. The van der Waals surface area contributed by atoms with Gasteiger partial charge in [0, 0.05) is 25.7 Å². The van der Waals surface area contributed by atoms with Gasteiger partial charge in [0.25, 0.3) is 0 Å². The molecule has 0 saturated heterocycles. The van der Waals surface area contributed by atoms with Crippen molar-refractivity contribution in [2.24, 2.45) is 0 Å². The van der Waals surface area contributed by atoms with E-state index in [-0.39, 0.29) is 25.7 Å². The first-order valence-corrected chi connectivity index (χ1v) is 43.4. The molecule has 0 spiro atoms. The van der Waals surface area contributed by atoms with Gasteiger partial charge in [0.2, 0.25) is 0 Å². The van der Waals surface area contributed by atoms with Crippen LogP contribution in [0.4, 0.5) is 0 Å². The second-order valence-electron chi connectivity index (χ2n) is 26.6. The summed E-state index contributed by atoms with van der Waals surface area (Å²) in [6.07, 6.45) is 85.8.